The van der Waals surface area contributed by atoms with Gasteiger partial charge in [-0.15, -0.1) is 10.2 Å². The quantitative estimate of drug-likeness (QED) is 0.374. The maximum Gasteiger partial charge on any atom is 0.330 e. The number of ether oxygens (including phenoxy) is 1. The van der Waals surface area contributed by atoms with E-state index in [9.17, 15) is 14.4 Å². The van der Waals surface area contributed by atoms with Gasteiger partial charge in [-0.05, 0) is 11.8 Å². The van der Waals surface area contributed by atoms with Gasteiger partial charge in [0.1, 0.15) is 5.82 Å². The van der Waals surface area contributed by atoms with Crippen LogP contribution in [-0.2, 0) is 21.8 Å². The average molecular weight is 493 g/mol. The Hall–Kier alpha value is -3.03. The molecule has 11 nitrogen and oxygen atoms in total. The van der Waals surface area contributed by atoms with E-state index >= 15 is 0 Å². The van der Waals surface area contributed by atoms with Gasteiger partial charge in [-0.2, -0.15) is 11.8 Å². The minimum Gasteiger partial charge on any atom is -0.415 e. The second kappa shape index (κ2) is 11.7. The number of hydrogen-bond acceptors (Lipinski definition) is 10. The Balaban J connectivity index is 1.88. The maximum atomic E-state index is 13.1. The lowest BCUT2D eigenvalue weighted by molar-refractivity contribution is -0.116. The van der Waals surface area contributed by atoms with Crippen molar-refractivity contribution in [3.8, 4) is 0 Å². The van der Waals surface area contributed by atoms with Crippen LogP contribution in [0, 0.1) is 0 Å². The zero-order valence-electron chi connectivity index (χ0n) is 18.1. The van der Waals surface area contributed by atoms with Crippen molar-refractivity contribution in [3.05, 3.63) is 62.6 Å². The molecular weight excluding hydrogens is 468 g/mol. The van der Waals surface area contributed by atoms with E-state index in [2.05, 4.69) is 15.2 Å². The number of nitrogen functional groups attached to an aromatic ring is 1. The highest BCUT2D eigenvalue weighted by atomic mass is 32.2. The molecule has 176 valence electrons. The van der Waals surface area contributed by atoms with E-state index in [4.69, 9.17) is 14.9 Å². The largest absolute Gasteiger partial charge is 0.415 e. The van der Waals surface area contributed by atoms with E-state index in [0.29, 0.717) is 11.6 Å². The Bertz CT molecular complexity index is 1190. The summed E-state index contributed by atoms with van der Waals surface area (Å²) in [7, 11) is 1.48. The number of hydrogen-bond donors (Lipinski definition) is 2. The molecule has 2 aromatic heterocycles. The number of rotatable bonds is 11. The van der Waals surface area contributed by atoms with Gasteiger partial charge < -0.3 is 19.8 Å². The molecule has 0 radical (unpaired) electrons. The van der Waals surface area contributed by atoms with Gasteiger partial charge in [0.15, 0.2) is 5.69 Å². The van der Waals surface area contributed by atoms with Crippen molar-refractivity contribution in [2.45, 2.75) is 17.5 Å². The van der Waals surface area contributed by atoms with E-state index in [-0.39, 0.29) is 42.2 Å². The fraction of sp³-hybridized carbons (Fsp3) is 0.350. The van der Waals surface area contributed by atoms with Crippen molar-refractivity contribution in [1.82, 2.24) is 19.7 Å². The fourth-order valence-corrected chi connectivity index (χ4v) is 4.00. The van der Waals surface area contributed by atoms with Gasteiger partial charge in [-0.25, -0.2) is 4.79 Å². The molecule has 0 spiro atoms. The number of H-pyrrole nitrogens is 1. The van der Waals surface area contributed by atoms with Crippen LogP contribution in [0.5, 0.6) is 0 Å². The number of methoxy groups -OCH3 is 1. The van der Waals surface area contributed by atoms with Gasteiger partial charge in [0.25, 0.3) is 10.8 Å². The number of nitrogens with zero attached hydrogens (tertiary/aromatic N) is 4. The van der Waals surface area contributed by atoms with Crippen molar-refractivity contribution in [2.75, 3.05) is 42.9 Å². The zero-order valence-corrected chi connectivity index (χ0v) is 19.8. The number of nitrogens with one attached hydrogen (secondary N) is 1. The van der Waals surface area contributed by atoms with Crippen molar-refractivity contribution < 1.29 is 13.9 Å². The molecule has 13 heteroatoms. The van der Waals surface area contributed by atoms with Crippen LogP contribution in [0.2, 0.25) is 0 Å². The molecule has 1 amide bonds. The summed E-state index contributed by atoms with van der Waals surface area (Å²) in [6.45, 7) is 0.357. The SMILES string of the molecule is COCCN(C(=O)CSc1nnc(CSC)o1)c1c(N)n(Cc2ccccc2)c(=O)[nH]c1=O. The zero-order chi connectivity index (χ0) is 23.8. The number of thioether (sulfide) groups is 2. The molecule has 0 atom stereocenters. The Morgan fingerprint density at radius 2 is 2.03 bits per heavy atom. The average Bonchev–Trinajstić information content (AvgIpc) is 3.25. The van der Waals surface area contributed by atoms with Crippen LogP contribution in [0.4, 0.5) is 11.5 Å². The minimum atomic E-state index is -0.753. The third kappa shape index (κ3) is 6.27. The van der Waals surface area contributed by atoms with Crippen molar-refractivity contribution >= 4 is 40.9 Å². The molecule has 0 unspecified atom stereocenters. The summed E-state index contributed by atoms with van der Waals surface area (Å²) in [5.74, 6) is 0.408. The van der Waals surface area contributed by atoms with Crippen LogP contribution in [0.3, 0.4) is 0 Å². The number of nitrogens with two attached hydrogens (primary N) is 1. The van der Waals surface area contributed by atoms with Gasteiger partial charge in [-0.1, -0.05) is 42.1 Å². The summed E-state index contributed by atoms with van der Waals surface area (Å²) in [6.07, 6.45) is 1.91. The van der Waals surface area contributed by atoms with Gasteiger partial charge in [0, 0.05) is 13.7 Å². The van der Waals surface area contributed by atoms with E-state index in [1.54, 1.807) is 0 Å². The predicted molar refractivity (Wildman–Crippen MR) is 128 cm³/mol. The summed E-state index contributed by atoms with van der Waals surface area (Å²) in [5.41, 5.74) is 5.53. The van der Waals surface area contributed by atoms with Crippen LogP contribution < -0.4 is 21.9 Å². The second-order valence-electron chi connectivity index (χ2n) is 6.79. The van der Waals surface area contributed by atoms with Gasteiger partial charge in [0.05, 0.1) is 24.7 Å². The number of benzene rings is 1. The van der Waals surface area contributed by atoms with Gasteiger partial charge in [0.2, 0.25) is 11.8 Å². The molecule has 0 aliphatic heterocycles. The molecule has 3 N–H and O–H groups in total. The summed E-state index contributed by atoms with van der Waals surface area (Å²) < 4.78 is 11.8. The van der Waals surface area contributed by atoms with Crippen molar-refractivity contribution in [1.29, 1.82) is 0 Å². The lowest BCUT2D eigenvalue weighted by Gasteiger charge is -2.24. The number of carbonyl (C=O) groups excluding carboxylic acids is 1. The van der Waals surface area contributed by atoms with Crippen LogP contribution in [0.15, 0.2) is 49.6 Å². The van der Waals surface area contributed by atoms with E-state index in [1.807, 2.05) is 36.6 Å². The Labute approximate surface area is 197 Å². The molecule has 2 heterocycles. The van der Waals surface area contributed by atoms with Crippen molar-refractivity contribution in [2.24, 2.45) is 0 Å². The van der Waals surface area contributed by atoms with Gasteiger partial charge >= 0.3 is 5.69 Å². The standard InChI is InChI=1S/C20H24N6O5S2/c1-30-9-8-25(15(27)12-33-20-24-23-14(31-20)11-32-2)16-17(21)26(19(29)22-18(16)28)10-13-6-4-3-5-7-13/h3-7H,8-12,21H2,1-2H3,(H,22,28,29). The predicted octanol–water partition coefficient (Wildman–Crippen LogP) is 1.18. The number of carbonyl (C=O) groups is 1. The van der Waals surface area contributed by atoms with Crippen LogP contribution in [0.1, 0.15) is 11.5 Å². The summed E-state index contributed by atoms with van der Waals surface area (Å²) in [6, 6.07) is 9.17. The number of aromatic amines is 1. The first kappa shape index (κ1) is 24.6. The molecule has 0 aliphatic carbocycles. The van der Waals surface area contributed by atoms with E-state index in [0.717, 1.165) is 17.3 Å². The van der Waals surface area contributed by atoms with Crippen LogP contribution >= 0.6 is 23.5 Å². The molecule has 0 bridgehead atoms. The molecule has 1 aromatic carbocycles. The molecule has 3 rings (SSSR count). The molecule has 0 fully saturated rings. The number of anilines is 2. The first-order chi connectivity index (χ1) is 15.9. The number of aromatic nitrogens is 4. The molecule has 3 aromatic rings. The minimum absolute atomic E-state index is 0.0638. The highest BCUT2D eigenvalue weighted by Crippen LogP contribution is 2.22. The Kier molecular flexibility index (Phi) is 8.74. The molecule has 0 saturated heterocycles. The first-order valence-electron chi connectivity index (χ1n) is 9.84. The summed E-state index contributed by atoms with van der Waals surface area (Å²) in [5, 5.41) is 8.06. The normalized spacial score (nSPS) is 11.0. The maximum absolute atomic E-state index is 13.1. The molecule has 33 heavy (non-hydrogen) atoms. The van der Waals surface area contributed by atoms with E-state index in [1.165, 1.54) is 28.3 Å². The summed E-state index contributed by atoms with van der Waals surface area (Å²) in [4.78, 5) is 41.7. The molecule has 0 aliphatic rings. The van der Waals surface area contributed by atoms with Crippen LogP contribution in [0.25, 0.3) is 0 Å². The highest BCUT2D eigenvalue weighted by molar-refractivity contribution is 7.99. The van der Waals surface area contributed by atoms with Crippen molar-refractivity contribution in [3.63, 3.8) is 0 Å². The van der Waals surface area contributed by atoms with Gasteiger partial charge in [-0.3, -0.25) is 19.1 Å². The fourth-order valence-electron chi connectivity index (χ4n) is 2.98. The first-order valence-corrected chi connectivity index (χ1v) is 12.2. The Morgan fingerprint density at radius 3 is 2.73 bits per heavy atom. The lowest BCUT2D eigenvalue weighted by atomic mass is 10.2. The summed E-state index contributed by atoms with van der Waals surface area (Å²) >= 11 is 2.59. The Morgan fingerprint density at radius 1 is 1.27 bits per heavy atom. The third-order valence-electron chi connectivity index (χ3n) is 4.52. The topological polar surface area (TPSA) is 149 Å². The third-order valence-corrected chi connectivity index (χ3v) is 5.86. The van der Waals surface area contributed by atoms with E-state index < -0.39 is 17.2 Å². The molecule has 0 saturated carbocycles. The van der Waals surface area contributed by atoms with Crippen LogP contribution in [-0.4, -0.2) is 57.9 Å². The lowest BCUT2D eigenvalue weighted by Crippen LogP contribution is -2.43. The monoisotopic (exact) mass is 492 g/mol. The molecular formula is C20H24N6O5S2. The highest BCUT2D eigenvalue weighted by Gasteiger charge is 2.25. The second-order valence-corrected chi connectivity index (χ2v) is 8.58. The smallest absolute Gasteiger partial charge is 0.330 e. The number of amides is 1.